The number of amides is 1. The van der Waals surface area contributed by atoms with Gasteiger partial charge in [0, 0.05) is 6.42 Å². The zero-order valence-electron chi connectivity index (χ0n) is 29.0. The number of aliphatic hydroxyl groups is 1. The molecule has 0 aromatic rings. The quantitative estimate of drug-likeness (QED) is 0.0388. The van der Waals surface area contributed by atoms with Gasteiger partial charge in [0.25, 0.3) is 0 Å². The molecule has 0 radical (unpaired) electrons. The summed E-state index contributed by atoms with van der Waals surface area (Å²) in [6.07, 6.45) is 25.6. The van der Waals surface area contributed by atoms with Gasteiger partial charge in [0.2, 0.25) is 5.91 Å². The fourth-order valence-corrected chi connectivity index (χ4v) is 5.90. The van der Waals surface area contributed by atoms with Crippen LogP contribution in [-0.2, 0) is 18.4 Å². The van der Waals surface area contributed by atoms with Gasteiger partial charge in [-0.15, -0.1) is 0 Å². The topological polar surface area (TPSA) is 105 Å². The van der Waals surface area contributed by atoms with Crippen LogP contribution >= 0.6 is 7.82 Å². The molecular weight excluding hydrogens is 563 g/mol. The molecule has 0 aliphatic rings. The summed E-state index contributed by atoms with van der Waals surface area (Å²) in [5.74, 6) is -0.152. The summed E-state index contributed by atoms with van der Waals surface area (Å²) < 4.78 is 23.4. The minimum atomic E-state index is -4.29. The Morgan fingerprint density at radius 2 is 1.12 bits per heavy atom. The summed E-state index contributed by atoms with van der Waals surface area (Å²) in [6.45, 7) is 4.82. The molecule has 0 bridgehead atoms. The van der Waals surface area contributed by atoms with Crippen molar-refractivity contribution in [3.8, 4) is 0 Å². The normalized spacial score (nSPS) is 14.9. The highest BCUT2D eigenvalue weighted by Gasteiger charge is 2.28. The van der Waals surface area contributed by atoms with Crippen LogP contribution in [0.25, 0.3) is 0 Å². The summed E-state index contributed by atoms with van der Waals surface area (Å²) in [5, 5.41) is 13.8. The van der Waals surface area contributed by atoms with E-state index < -0.39 is 20.0 Å². The molecule has 0 aliphatic carbocycles. The molecule has 258 valence electrons. The van der Waals surface area contributed by atoms with Crippen LogP contribution in [0.1, 0.15) is 162 Å². The minimum absolute atomic E-state index is 0.0775. The number of phosphoric ester groups is 1. The van der Waals surface area contributed by atoms with Crippen LogP contribution in [0.2, 0.25) is 0 Å². The Hall–Kier alpha value is -0.500. The number of aliphatic hydroxyl groups excluding tert-OH is 1. The first-order valence-corrected chi connectivity index (χ1v) is 19.4. The number of hydrogen-bond acceptors (Lipinski definition) is 5. The zero-order chi connectivity index (χ0) is 32.2. The third-order valence-electron chi connectivity index (χ3n) is 8.11. The van der Waals surface area contributed by atoms with Gasteiger partial charge in [-0.3, -0.25) is 13.8 Å². The van der Waals surface area contributed by atoms with E-state index in [0.717, 1.165) is 38.5 Å². The number of hydrogen-bond donors (Lipinski definition) is 3. The number of unbranched alkanes of at least 4 members (excludes halogenated alkanes) is 19. The summed E-state index contributed by atoms with van der Waals surface area (Å²) in [6, 6.07) is -0.749. The summed E-state index contributed by atoms with van der Waals surface area (Å²) in [5.41, 5.74) is 0. The number of quaternary nitrogens is 1. The lowest BCUT2D eigenvalue weighted by atomic mass is 10.0. The van der Waals surface area contributed by atoms with Crippen LogP contribution in [0.4, 0.5) is 0 Å². The predicted octanol–water partition coefficient (Wildman–Crippen LogP) is 8.68. The fourth-order valence-electron chi connectivity index (χ4n) is 5.16. The van der Waals surface area contributed by atoms with Crippen molar-refractivity contribution < 1.29 is 32.9 Å². The fraction of sp³-hybridized carbons (Fsp3) is 0.971. The molecule has 0 heterocycles. The van der Waals surface area contributed by atoms with Gasteiger partial charge in [0.05, 0.1) is 39.9 Å². The van der Waals surface area contributed by atoms with Gasteiger partial charge in [-0.2, -0.15) is 0 Å². The second-order valence-corrected chi connectivity index (χ2v) is 15.1. The van der Waals surface area contributed by atoms with Gasteiger partial charge in [-0.05, 0) is 12.8 Å². The van der Waals surface area contributed by atoms with E-state index in [4.69, 9.17) is 9.05 Å². The molecular formula is C34H72N2O6P+. The number of phosphoric acid groups is 1. The highest BCUT2D eigenvalue weighted by Crippen LogP contribution is 2.43. The third kappa shape index (κ3) is 29.9. The summed E-state index contributed by atoms with van der Waals surface area (Å²) >= 11 is 0. The van der Waals surface area contributed by atoms with Gasteiger partial charge >= 0.3 is 7.82 Å². The van der Waals surface area contributed by atoms with Gasteiger partial charge in [-0.25, -0.2) is 4.57 Å². The Bertz CT molecular complexity index is 688. The van der Waals surface area contributed by atoms with E-state index in [9.17, 15) is 19.4 Å². The van der Waals surface area contributed by atoms with Crippen molar-refractivity contribution in [2.45, 2.75) is 174 Å². The van der Waals surface area contributed by atoms with Crippen molar-refractivity contribution >= 4 is 13.7 Å². The molecule has 0 spiro atoms. The second kappa shape index (κ2) is 27.8. The Labute approximate surface area is 266 Å². The predicted molar refractivity (Wildman–Crippen MR) is 180 cm³/mol. The SMILES string of the molecule is CCCCCCCCCCCCCCCCC(O)C(COP(=O)(O)OCC[N+](C)(C)C)NC(=O)CCCCCCCCC. The first-order chi connectivity index (χ1) is 20.5. The second-order valence-electron chi connectivity index (χ2n) is 13.6. The van der Waals surface area contributed by atoms with Crippen molar-refractivity contribution in [3.63, 3.8) is 0 Å². The van der Waals surface area contributed by atoms with Crippen LogP contribution in [0, 0.1) is 0 Å². The molecule has 43 heavy (non-hydrogen) atoms. The molecule has 3 unspecified atom stereocenters. The molecule has 3 atom stereocenters. The largest absolute Gasteiger partial charge is 0.472 e. The maximum atomic E-state index is 12.7. The van der Waals surface area contributed by atoms with E-state index in [2.05, 4.69) is 19.2 Å². The minimum Gasteiger partial charge on any atom is -0.391 e. The lowest BCUT2D eigenvalue weighted by Gasteiger charge is -2.26. The van der Waals surface area contributed by atoms with Gasteiger partial charge in [0.15, 0.2) is 0 Å². The van der Waals surface area contributed by atoms with Crippen LogP contribution in [0.15, 0.2) is 0 Å². The molecule has 0 aromatic carbocycles. The molecule has 8 nitrogen and oxygen atoms in total. The third-order valence-corrected chi connectivity index (χ3v) is 9.09. The lowest BCUT2D eigenvalue weighted by Crippen LogP contribution is -2.46. The van der Waals surface area contributed by atoms with Crippen molar-refractivity contribution in [1.82, 2.24) is 5.32 Å². The standard InChI is InChI=1S/C34H71N2O6P/c1-6-8-10-12-14-15-16-17-18-19-20-22-23-25-27-33(37)32(31-42-43(39,40)41-30-29-36(3,4)5)35-34(38)28-26-24-21-13-11-9-7-2/h32-33,37H,6-31H2,1-5H3,(H-,35,38,39,40)/p+1. The van der Waals surface area contributed by atoms with E-state index in [-0.39, 0.29) is 19.1 Å². The highest BCUT2D eigenvalue weighted by molar-refractivity contribution is 7.47. The summed E-state index contributed by atoms with van der Waals surface area (Å²) in [4.78, 5) is 22.8. The van der Waals surface area contributed by atoms with Crippen molar-refractivity contribution in [3.05, 3.63) is 0 Å². The van der Waals surface area contributed by atoms with Gasteiger partial charge in [-0.1, -0.05) is 142 Å². The van der Waals surface area contributed by atoms with E-state index >= 15 is 0 Å². The number of carbonyl (C=O) groups excluding carboxylic acids is 1. The number of nitrogens with zero attached hydrogens (tertiary/aromatic N) is 1. The molecule has 0 saturated heterocycles. The number of carbonyl (C=O) groups is 1. The number of rotatable bonds is 32. The molecule has 0 fully saturated rings. The Morgan fingerprint density at radius 1 is 0.698 bits per heavy atom. The number of nitrogens with one attached hydrogen (secondary N) is 1. The van der Waals surface area contributed by atoms with Crippen LogP contribution in [0.5, 0.6) is 0 Å². The smallest absolute Gasteiger partial charge is 0.391 e. The molecule has 0 rings (SSSR count). The van der Waals surface area contributed by atoms with Crippen LogP contribution < -0.4 is 5.32 Å². The Morgan fingerprint density at radius 3 is 1.56 bits per heavy atom. The average Bonchev–Trinajstić information content (AvgIpc) is 2.94. The first kappa shape index (κ1) is 42.5. The van der Waals surface area contributed by atoms with E-state index in [1.165, 1.54) is 96.3 Å². The van der Waals surface area contributed by atoms with Crippen molar-refractivity contribution in [2.75, 3.05) is 40.9 Å². The maximum Gasteiger partial charge on any atom is 0.472 e. The van der Waals surface area contributed by atoms with Crippen LogP contribution in [0.3, 0.4) is 0 Å². The van der Waals surface area contributed by atoms with Gasteiger partial charge < -0.3 is 19.8 Å². The molecule has 0 aliphatic heterocycles. The molecule has 9 heteroatoms. The summed E-state index contributed by atoms with van der Waals surface area (Å²) in [7, 11) is 1.62. The van der Waals surface area contributed by atoms with E-state index in [1.807, 2.05) is 21.1 Å². The zero-order valence-corrected chi connectivity index (χ0v) is 29.9. The highest BCUT2D eigenvalue weighted by atomic mass is 31.2. The van der Waals surface area contributed by atoms with Gasteiger partial charge in [0.1, 0.15) is 13.2 Å². The van der Waals surface area contributed by atoms with Crippen LogP contribution in [-0.4, -0.2) is 73.4 Å². The Balaban J connectivity index is 4.43. The average molecular weight is 636 g/mol. The molecule has 0 saturated carbocycles. The van der Waals surface area contributed by atoms with E-state index in [1.54, 1.807) is 0 Å². The monoisotopic (exact) mass is 636 g/mol. The van der Waals surface area contributed by atoms with E-state index in [0.29, 0.717) is 23.9 Å². The Kier molecular flexibility index (Phi) is 27.5. The van der Waals surface area contributed by atoms with Crippen molar-refractivity contribution in [2.24, 2.45) is 0 Å². The van der Waals surface area contributed by atoms with Crippen molar-refractivity contribution in [1.29, 1.82) is 0 Å². The maximum absolute atomic E-state index is 12.7. The molecule has 1 amide bonds. The number of likely N-dealkylation sites (N-methyl/N-ethyl adjacent to an activating group) is 1. The lowest BCUT2D eigenvalue weighted by molar-refractivity contribution is -0.870. The molecule has 3 N–H and O–H groups in total. The molecule has 0 aromatic heterocycles. The first-order valence-electron chi connectivity index (χ1n) is 17.9.